The molecule has 0 aliphatic rings. The van der Waals surface area contributed by atoms with Crippen LogP contribution in [0.4, 0.5) is 0 Å². The van der Waals surface area contributed by atoms with Crippen LogP contribution >= 0.6 is 0 Å². The third-order valence-corrected chi connectivity index (χ3v) is 2.19. The summed E-state index contributed by atoms with van der Waals surface area (Å²) in [6, 6.07) is 1.54. The second-order valence-corrected chi connectivity index (χ2v) is 3.62. The Kier molecular flexibility index (Phi) is 4.65. The molecule has 1 rings (SSSR count). The molecular weight excluding hydrogens is 208 g/mol. The van der Waals surface area contributed by atoms with Crippen LogP contribution in [-0.2, 0) is 11.3 Å². The Hall–Kier alpha value is -1.69. The fourth-order valence-corrected chi connectivity index (χ4v) is 1.31. The van der Waals surface area contributed by atoms with Crippen molar-refractivity contribution in [3.63, 3.8) is 0 Å². The SMILES string of the molecule is Cc1cnn(CCCCC(=O)NN)c(=O)c1. The second kappa shape index (κ2) is 6.02. The maximum Gasteiger partial charge on any atom is 0.266 e. The summed E-state index contributed by atoms with van der Waals surface area (Å²) in [5.41, 5.74) is 2.80. The topological polar surface area (TPSA) is 90.0 Å². The molecule has 6 nitrogen and oxygen atoms in total. The summed E-state index contributed by atoms with van der Waals surface area (Å²) in [5, 5.41) is 3.99. The van der Waals surface area contributed by atoms with E-state index in [1.807, 2.05) is 6.92 Å². The summed E-state index contributed by atoms with van der Waals surface area (Å²) in [6.07, 6.45) is 3.43. The average Bonchev–Trinajstić information content (AvgIpc) is 2.26. The quantitative estimate of drug-likeness (QED) is 0.311. The highest BCUT2D eigenvalue weighted by atomic mass is 16.2. The Labute approximate surface area is 93.4 Å². The number of carbonyl (C=O) groups excluding carboxylic acids is 1. The number of aryl methyl sites for hydroxylation is 2. The highest BCUT2D eigenvalue weighted by Gasteiger charge is 2.00. The van der Waals surface area contributed by atoms with E-state index in [-0.39, 0.29) is 11.5 Å². The van der Waals surface area contributed by atoms with Gasteiger partial charge in [0.15, 0.2) is 0 Å². The van der Waals surface area contributed by atoms with Crippen molar-refractivity contribution in [1.29, 1.82) is 0 Å². The van der Waals surface area contributed by atoms with Gasteiger partial charge < -0.3 is 0 Å². The van der Waals surface area contributed by atoms with Crippen LogP contribution in [0.3, 0.4) is 0 Å². The van der Waals surface area contributed by atoms with Crippen LogP contribution < -0.4 is 16.8 Å². The lowest BCUT2D eigenvalue weighted by Crippen LogP contribution is -2.29. The van der Waals surface area contributed by atoms with E-state index in [9.17, 15) is 9.59 Å². The number of unbranched alkanes of at least 4 members (excludes halogenated alkanes) is 1. The largest absolute Gasteiger partial charge is 0.294 e. The molecule has 0 saturated heterocycles. The van der Waals surface area contributed by atoms with Gasteiger partial charge in [-0.3, -0.25) is 15.0 Å². The van der Waals surface area contributed by atoms with Gasteiger partial charge in [0.25, 0.3) is 5.56 Å². The summed E-state index contributed by atoms with van der Waals surface area (Å²) >= 11 is 0. The Morgan fingerprint density at radius 1 is 1.56 bits per heavy atom. The van der Waals surface area contributed by atoms with Crippen molar-refractivity contribution >= 4 is 5.91 Å². The van der Waals surface area contributed by atoms with Gasteiger partial charge in [-0.15, -0.1) is 0 Å². The Balaban J connectivity index is 2.38. The fraction of sp³-hybridized carbons (Fsp3) is 0.500. The minimum absolute atomic E-state index is 0.108. The summed E-state index contributed by atoms with van der Waals surface area (Å²) in [6.45, 7) is 2.35. The molecule has 0 aliphatic heterocycles. The van der Waals surface area contributed by atoms with Crippen LogP contribution in [0.2, 0.25) is 0 Å². The molecule has 16 heavy (non-hydrogen) atoms. The van der Waals surface area contributed by atoms with Crippen LogP contribution in [-0.4, -0.2) is 15.7 Å². The maximum atomic E-state index is 11.4. The van der Waals surface area contributed by atoms with E-state index < -0.39 is 0 Å². The van der Waals surface area contributed by atoms with E-state index in [1.165, 1.54) is 4.68 Å². The van der Waals surface area contributed by atoms with Gasteiger partial charge in [0.1, 0.15) is 0 Å². The molecule has 1 aromatic rings. The van der Waals surface area contributed by atoms with Gasteiger partial charge in [-0.1, -0.05) is 0 Å². The lowest BCUT2D eigenvalue weighted by atomic mass is 10.2. The minimum atomic E-state index is -0.191. The zero-order chi connectivity index (χ0) is 12.0. The summed E-state index contributed by atoms with van der Waals surface area (Å²) < 4.78 is 1.40. The number of carbonyl (C=O) groups is 1. The zero-order valence-electron chi connectivity index (χ0n) is 9.27. The highest BCUT2D eigenvalue weighted by Crippen LogP contribution is 1.97. The van der Waals surface area contributed by atoms with Crippen LogP contribution in [0.5, 0.6) is 0 Å². The van der Waals surface area contributed by atoms with Crippen molar-refractivity contribution in [2.24, 2.45) is 5.84 Å². The molecule has 0 atom stereocenters. The predicted octanol–water partition coefficient (Wildman–Crippen LogP) is -0.288. The molecule has 0 aromatic carbocycles. The third kappa shape index (κ3) is 3.82. The van der Waals surface area contributed by atoms with E-state index in [0.717, 1.165) is 12.0 Å². The van der Waals surface area contributed by atoms with Crippen molar-refractivity contribution in [3.8, 4) is 0 Å². The van der Waals surface area contributed by atoms with Gasteiger partial charge in [0, 0.05) is 19.0 Å². The van der Waals surface area contributed by atoms with Gasteiger partial charge >= 0.3 is 0 Å². The lowest BCUT2D eigenvalue weighted by molar-refractivity contribution is -0.121. The first kappa shape index (κ1) is 12.4. The van der Waals surface area contributed by atoms with Crippen molar-refractivity contribution in [3.05, 3.63) is 28.2 Å². The number of hydrogen-bond donors (Lipinski definition) is 2. The van der Waals surface area contributed by atoms with Crippen molar-refractivity contribution in [1.82, 2.24) is 15.2 Å². The maximum absolute atomic E-state index is 11.4. The van der Waals surface area contributed by atoms with E-state index in [0.29, 0.717) is 19.4 Å². The molecule has 6 heteroatoms. The normalized spacial score (nSPS) is 10.1. The van der Waals surface area contributed by atoms with Crippen molar-refractivity contribution in [2.75, 3.05) is 0 Å². The summed E-state index contributed by atoms with van der Waals surface area (Å²) in [7, 11) is 0. The standard InChI is InChI=1S/C10H16N4O2/c1-8-6-10(16)14(12-7-8)5-3-2-4-9(15)13-11/h6-7H,2-5,11H2,1H3,(H,13,15). The number of hydrogen-bond acceptors (Lipinski definition) is 4. The molecule has 0 fully saturated rings. The Bertz CT molecular complexity index is 414. The van der Waals surface area contributed by atoms with Crippen LogP contribution in [0.1, 0.15) is 24.8 Å². The molecule has 0 aliphatic carbocycles. The third-order valence-electron chi connectivity index (χ3n) is 2.19. The first-order valence-electron chi connectivity index (χ1n) is 5.16. The molecule has 0 bridgehead atoms. The second-order valence-electron chi connectivity index (χ2n) is 3.62. The monoisotopic (exact) mass is 224 g/mol. The predicted molar refractivity (Wildman–Crippen MR) is 59.4 cm³/mol. The number of hydrazine groups is 1. The molecule has 0 spiro atoms. The van der Waals surface area contributed by atoms with Crippen LogP contribution in [0, 0.1) is 6.92 Å². The Morgan fingerprint density at radius 2 is 2.31 bits per heavy atom. The van der Waals surface area contributed by atoms with Gasteiger partial charge in [-0.25, -0.2) is 10.5 Å². The molecule has 88 valence electrons. The number of nitrogens with zero attached hydrogens (tertiary/aromatic N) is 2. The molecule has 1 aromatic heterocycles. The van der Waals surface area contributed by atoms with Crippen molar-refractivity contribution in [2.45, 2.75) is 32.7 Å². The molecular formula is C10H16N4O2. The van der Waals surface area contributed by atoms with Gasteiger partial charge in [0.05, 0.1) is 6.20 Å². The van der Waals surface area contributed by atoms with E-state index in [2.05, 4.69) is 10.5 Å². The minimum Gasteiger partial charge on any atom is -0.294 e. The van der Waals surface area contributed by atoms with Crippen LogP contribution in [0.25, 0.3) is 0 Å². The molecule has 0 saturated carbocycles. The summed E-state index contributed by atoms with van der Waals surface area (Å²) in [4.78, 5) is 22.2. The number of aromatic nitrogens is 2. The molecule has 1 amide bonds. The van der Waals surface area contributed by atoms with Crippen LogP contribution in [0.15, 0.2) is 17.1 Å². The molecule has 3 N–H and O–H groups in total. The number of rotatable bonds is 5. The Morgan fingerprint density at radius 3 is 2.94 bits per heavy atom. The van der Waals surface area contributed by atoms with E-state index in [1.54, 1.807) is 12.3 Å². The highest BCUT2D eigenvalue weighted by molar-refractivity contribution is 5.74. The van der Waals surface area contributed by atoms with Gasteiger partial charge in [-0.2, -0.15) is 5.10 Å². The van der Waals surface area contributed by atoms with Crippen molar-refractivity contribution < 1.29 is 4.79 Å². The van der Waals surface area contributed by atoms with E-state index >= 15 is 0 Å². The summed E-state index contributed by atoms with van der Waals surface area (Å²) in [5.74, 6) is 4.75. The average molecular weight is 224 g/mol. The number of amides is 1. The smallest absolute Gasteiger partial charge is 0.266 e. The zero-order valence-corrected chi connectivity index (χ0v) is 9.27. The van der Waals surface area contributed by atoms with E-state index in [4.69, 9.17) is 5.84 Å². The lowest BCUT2D eigenvalue weighted by Gasteiger charge is -2.03. The van der Waals surface area contributed by atoms with Gasteiger partial charge in [-0.05, 0) is 25.3 Å². The fourth-order valence-electron chi connectivity index (χ4n) is 1.31. The first-order valence-corrected chi connectivity index (χ1v) is 5.16. The van der Waals surface area contributed by atoms with Gasteiger partial charge in [0.2, 0.25) is 5.91 Å². The first-order chi connectivity index (χ1) is 7.63. The number of nitrogens with two attached hydrogens (primary N) is 1. The molecule has 1 heterocycles. The molecule has 0 unspecified atom stereocenters. The molecule has 0 radical (unpaired) electrons. The number of nitrogens with one attached hydrogen (secondary N) is 1.